The third-order valence-electron chi connectivity index (χ3n) is 8.64. The minimum absolute atomic E-state index is 0.222. The molecule has 0 N–H and O–H groups in total. The fourth-order valence-electron chi connectivity index (χ4n) is 5.79. The zero-order chi connectivity index (χ0) is 33.0. The number of hydrogen-bond donors (Lipinski definition) is 0. The van der Waals surface area contributed by atoms with E-state index < -0.39 is 5.97 Å². The zero-order valence-corrected chi connectivity index (χ0v) is 28.1. The van der Waals surface area contributed by atoms with Crippen LogP contribution in [0.3, 0.4) is 0 Å². The van der Waals surface area contributed by atoms with Crippen molar-refractivity contribution >= 4 is 17.9 Å². The topological polar surface area (TPSA) is 88.1 Å². The molecule has 0 bridgehead atoms. The number of carbonyl (C=O) groups excluding carboxylic acids is 3. The predicted octanol–water partition coefficient (Wildman–Crippen LogP) is 9.53. The number of rotatable bonds is 21. The van der Waals surface area contributed by atoms with Crippen LogP contribution in [0.2, 0.25) is 0 Å². The van der Waals surface area contributed by atoms with Crippen LogP contribution in [0.4, 0.5) is 0 Å². The Kier molecular flexibility index (Phi) is 17.0. The average molecular weight is 635 g/mol. The number of carbonyl (C=O) groups is 3. The van der Waals surface area contributed by atoms with Gasteiger partial charge >= 0.3 is 17.9 Å². The second-order valence-electron chi connectivity index (χ2n) is 12.6. The van der Waals surface area contributed by atoms with Crippen LogP contribution < -0.4 is 9.47 Å². The van der Waals surface area contributed by atoms with Gasteiger partial charge in [0.2, 0.25) is 0 Å². The number of hydrogen-bond acceptors (Lipinski definition) is 7. The van der Waals surface area contributed by atoms with Crippen molar-refractivity contribution in [2.45, 2.75) is 116 Å². The second kappa shape index (κ2) is 21.2. The van der Waals surface area contributed by atoms with E-state index in [1.165, 1.54) is 56.9 Å². The molecule has 2 aromatic rings. The van der Waals surface area contributed by atoms with Gasteiger partial charge in [0.15, 0.2) is 0 Å². The summed E-state index contributed by atoms with van der Waals surface area (Å²) in [6, 6.07) is 15.1. The van der Waals surface area contributed by atoms with Crippen LogP contribution in [-0.2, 0) is 19.1 Å². The minimum Gasteiger partial charge on any atom is -0.494 e. The van der Waals surface area contributed by atoms with E-state index in [-0.39, 0.29) is 18.5 Å². The van der Waals surface area contributed by atoms with Crippen molar-refractivity contribution in [3.8, 4) is 11.5 Å². The highest BCUT2D eigenvalue weighted by Crippen LogP contribution is 2.38. The summed E-state index contributed by atoms with van der Waals surface area (Å²) < 4.78 is 21.7. The molecule has 252 valence electrons. The smallest absolute Gasteiger partial charge is 0.343 e. The summed E-state index contributed by atoms with van der Waals surface area (Å²) in [4.78, 5) is 35.8. The summed E-state index contributed by atoms with van der Waals surface area (Å²) in [6.45, 7) is 8.67. The normalized spacial score (nSPS) is 16.0. The van der Waals surface area contributed by atoms with Gasteiger partial charge in [0, 0.05) is 12.0 Å². The molecule has 1 fully saturated rings. The zero-order valence-electron chi connectivity index (χ0n) is 28.1. The molecule has 0 aliphatic heterocycles. The summed E-state index contributed by atoms with van der Waals surface area (Å²) in [6.07, 6.45) is 15.7. The number of unbranched alkanes of at least 4 members (excludes halogenated alkanes) is 6. The second-order valence-corrected chi connectivity index (χ2v) is 12.6. The van der Waals surface area contributed by atoms with E-state index in [4.69, 9.17) is 18.9 Å². The Morgan fingerprint density at radius 3 is 2.02 bits per heavy atom. The molecule has 7 heteroatoms. The molecule has 1 saturated carbocycles. The lowest BCUT2D eigenvalue weighted by atomic mass is 9.77. The SMILES string of the molecule is C=C(C)C(=O)OCCCCC(=O)OCCCCCCOc1ccc(C(=O)Oc2ccc(C3CCC(CCCCC)CC3)cc2)cc1. The number of esters is 3. The molecule has 1 aliphatic carbocycles. The molecule has 0 saturated heterocycles. The van der Waals surface area contributed by atoms with Crippen LogP contribution in [0.25, 0.3) is 0 Å². The van der Waals surface area contributed by atoms with Crippen molar-refractivity contribution in [1.82, 2.24) is 0 Å². The molecule has 2 aromatic carbocycles. The van der Waals surface area contributed by atoms with E-state index in [1.807, 2.05) is 12.1 Å². The third-order valence-corrected chi connectivity index (χ3v) is 8.64. The molecule has 0 heterocycles. The lowest BCUT2D eigenvalue weighted by Crippen LogP contribution is -2.13. The van der Waals surface area contributed by atoms with E-state index in [0.717, 1.165) is 31.6 Å². The van der Waals surface area contributed by atoms with E-state index in [2.05, 4.69) is 25.6 Å². The molecule has 1 aliphatic rings. The van der Waals surface area contributed by atoms with Gasteiger partial charge in [0.1, 0.15) is 11.5 Å². The summed E-state index contributed by atoms with van der Waals surface area (Å²) in [7, 11) is 0. The average Bonchev–Trinajstić information content (AvgIpc) is 3.06. The highest BCUT2D eigenvalue weighted by Gasteiger charge is 2.22. The van der Waals surface area contributed by atoms with E-state index in [1.54, 1.807) is 31.2 Å². The van der Waals surface area contributed by atoms with E-state index >= 15 is 0 Å². The molecule has 7 nitrogen and oxygen atoms in total. The largest absolute Gasteiger partial charge is 0.494 e. The molecule has 0 aromatic heterocycles. The van der Waals surface area contributed by atoms with Gasteiger partial charge in [-0.15, -0.1) is 0 Å². The van der Waals surface area contributed by atoms with Crippen LogP contribution in [0, 0.1) is 5.92 Å². The Labute approximate surface area is 276 Å². The van der Waals surface area contributed by atoms with Crippen LogP contribution in [0.5, 0.6) is 11.5 Å². The molecule has 0 spiro atoms. The summed E-state index contributed by atoms with van der Waals surface area (Å²) in [5.74, 6) is 1.78. The van der Waals surface area contributed by atoms with Gasteiger partial charge in [-0.05, 0) is 125 Å². The molecule has 0 amide bonds. The van der Waals surface area contributed by atoms with Crippen LogP contribution >= 0.6 is 0 Å². The van der Waals surface area contributed by atoms with Crippen molar-refractivity contribution in [3.05, 3.63) is 71.8 Å². The maximum absolute atomic E-state index is 12.7. The molecular formula is C39H54O7. The van der Waals surface area contributed by atoms with Crippen LogP contribution in [-0.4, -0.2) is 37.7 Å². The standard InChI is InChI=1S/C39H54O7/c1-4-5-8-13-31-15-17-32(18-16-31)33-19-25-36(26-20-33)46-39(42)34-21-23-35(24-22-34)43-27-10-6-7-11-28-44-37(40)14-9-12-29-45-38(41)30(2)3/h19-26,31-32H,2,4-18,27-29H2,1,3H3. The first kappa shape index (κ1) is 36.9. The number of benzene rings is 2. The molecule has 46 heavy (non-hydrogen) atoms. The highest BCUT2D eigenvalue weighted by molar-refractivity contribution is 5.91. The molecular weight excluding hydrogens is 580 g/mol. The fourth-order valence-corrected chi connectivity index (χ4v) is 5.79. The van der Waals surface area contributed by atoms with Gasteiger partial charge in [-0.3, -0.25) is 4.79 Å². The molecule has 0 atom stereocenters. The maximum atomic E-state index is 12.7. The monoisotopic (exact) mass is 634 g/mol. The molecule has 0 radical (unpaired) electrons. The summed E-state index contributed by atoms with van der Waals surface area (Å²) in [5, 5.41) is 0. The summed E-state index contributed by atoms with van der Waals surface area (Å²) >= 11 is 0. The van der Waals surface area contributed by atoms with Crippen molar-refractivity contribution in [3.63, 3.8) is 0 Å². The Morgan fingerprint density at radius 2 is 1.35 bits per heavy atom. The van der Waals surface area contributed by atoms with Crippen molar-refractivity contribution < 1.29 is 33.3 Å². The minimum atomic E-state index is -0.403. The Hall–Kier alpha value is -3.61. The molecule has 0 unspecified atom stereocenters. The van der Waals surface area contributed by atoms with Gasteiger partial charge in [-0.25, -0.2) is 9.59 Å². The van der Waals surface area contributed by atoms with Gasteiger partial charge in [0.25, 0.3) is 0 Å². The number of ether oxygens (including phenoxy) is 4. The molecule has 3 rings (SSSR count). The lowest BCUT2D eigenvalue weighted by Gasteiger charge is -2.29. The predicted molar refractivity (Wildman–Crippen MR) is 181 cm³/mol. The maximum Gasteiger partial charge on any atom is 0.343 e. The van der Waals surface area contributed by atoms with Gasteiger partial charge in [0.05, 0.1) is 25.4 Å². The highest BCUT2D eigenvalue weighted by atomic mass is 16.5. The lowest BCUT2D eigenvalue weighted by molar-refractivity contribution is -0.143. The summed E-state index contributed by atoms with van der Waals surface area (Å²) in [5.41, 5.74) is 2.20. The quantitative estimate of drug-likeness (QED) is 0.0585. The Bertz CT molecular complexity index is 1190. The van der Waals surface area contributed by atoms with Gasteiger partial charge in [-0.2, -0.15) is 0 Å². The van der Waals surface area contributed by atoms with Gasteiger partial charge < -0.3 is 18.9 Å². The van der Waals surface area contributed by atoms with Crippen molar-refractivity contribution in [1.29, 1.82) is 0 Å². The third kappa shape index (κ3) is 14.2. The first-order valence-corrected chi connectivity index (χ1v) is 17.4. The first-order valence-electron chi connectivity index (χ1n) is 17.4. The van der Waals surface area contributed by atoms with Crippen LogP contribution in [0.15, 0.2) is 60.7 Å². The van der Waals surface area contributed by atoms with E-state index in [0.29, 0.717) is 61.0 Å². The van der Waals surface area contributed by atoms with Crippen LogP contribution in [0.1, 0.15) is 132 Å². The van der Waals surface area contributed by atoms with Crippen molar-refractivity contribution in [2.75, 3.05) is 19.8 Å². The van der Waals surface area contributed by atoms with Gasteiger partial charge in [-0.1, -0.05) is 51.3 Å². The first-order chi connectivity index (χ1) is 22.4. The Morgan fingerprint density at radius 1 is 0.717 bits per heavy atom. The Balaban J connectivity index is 1.22. The van der Waals surface area contributed by atoms with E-state index in [9.17, 15) is 14.4 Å². The van der Waals surface area contributed by atoms with Crippen molar-refractivity contribution in [2.24, 2.45) is 5.92 Å². The fraction of sp³-hybridized carbons (Fsp3) is 0.564.